The summed E-state index contributed by atoms with van der Waals surface area (Å²) in [6, 6.07) is 15.6. The highest BCUT2D eigenvalue weighted by atomic mass is 79.9. The minimum Gasteiger partial charge on any atom is -0.299 e. The van der Waals surface area contributed by atoms with Crippen LogP contribution in [0.5, 0.6) is 0 Å². The van der Waals surface area contributed by atoms with Crippen molar-refractivity contribution >= 4 is 15.9 Å². The zero-order valence-electron chi connectivity index (χ0n) is 15.7. The summed E-state index contributed by atoms with van der Waals surface area (Å²) >= 11 is 3.46. The second-order valence-corrected chi connectivity index (χ2v) is 8.38. The number of benzene rings is 2. The van der Waals surface area contributed by atoms with Gasteiger partial charge in [0.15, 0.2) is 0 Å². The molecule has 1 aliphatic rings. The Kier molecular flexibility index (Phi) is 5.79. The maximum atomic E-state index is 13.0. The van der Waals surface area contributed by atoms with Crippen LogP contribution in [0.2, 0.25) is 0 Å². The fraction of sp³-hybridized carbons (Fsp3) is 0.318. The number of piperidine rings is 1. The summed E-state index contributed by atoms with van der Waals surface area (Å²) in [5, 5.41) is 7.32. The molecular formula is C22H21BrF3N3. The van der Waals surface area contributed by atoms with Crippen LogP contribution in [0.25, 0.3) is 11.3 Å². The van der Waals surface area contributed by atoms with Gasteiger partial charge < -0.3 is 0 Å². The van der Waals surface area contributed by atoms with E-state index in [1.165, 1.54) is 11.6 Å². The molecule has 1 N–H and O–H groups in total. The minimum absolute atomic E-state index is 0.350. The second kappa shape index (κ2) is 8.32. The van der Waals surface area contributed by atoms with Gasteiger partial charge in [0.2, 0.25) is 0 Å². The standard InChI is InChI=1S/C22H21BrF3N3/c23-19-6-4-15(5-7-19)14-29-10-8-16(9-11-29)20-13-21(28-27-20)17-2-1-3-18(12-17)22(24,25)26/h1-7,12-13,16H,8-11,14H2,(H,27,28). The van der Waals surface area contributed by atoms with Crippen LogP contribution in [0.1, 0.15) is 35.6 Å². The number of H-pyrrole nitrogens is 1. The molecule has 4 rings (SSSR count). The van der Waals surface area contributed by atoms with Crippen molar-refractivity contribution in [3.63, 3.8) is 0 Å². The lowest BCUT2D eigenvalue weighted by Crippen LogP contribution is -2.32. The quantitative estimate of drug-likeness (QED) is 0.496. The Bertz CT molecular complexity index is 958. The van der Waals surface area contributed by atoms with Gasteiger partial charge in [-0.2, -0.15) is 18.3 Å². The number of rotatable bonds is 4. The molecule has 2 aromatic carbocycles. The first-order chi connectivity index (χ1) is 13.9. The van der Waals surface area contributed by atoms with Crippen LogP contribution in [0.3, 0.4) is 0 Å². The molecule has 0 bridgehead atoms. The van der Waals surface area contributed by atoms with Crippen LogP contribution in [0.4, 0.5) is 13.2 Å². The number of nitrogens with one attached hydrogen (secondary N) is 1. The topological polar surface area (TPSA) is 31.9 Å². The maximum absolute atomic E-state index is 13.0. The van der Waals surface area contributed by atoms with E-state index in [1.807, 2.05) is 6.07 Å². The third kappa shape index (κ3) is 4.90. The predicted octanol–water partition coefficient (Wildman–Crippen LogP) is 6.24. The molecule has 1 aromatic heterocycles. The van der Waals surface area contributed by atoms with Gasteiger partial charge in [0, 0.05) is 28.2 Å². The van der Waals surface area contributed by atoms with Gasteiger partial charge in [0.25, 0.3) is 0 Å². The number of likely N-dealkylation sites (tertiary alicyclic amines) is 1. The average molecular weight is 464 g/mol. The van der Waals surface area contributed by atoms with Gasteiger partial charge in [0.05, 0.1) is 11.3 Å². The molecule has 152 valence electrons. The van der Waals surface area contributed by atoms with E-state index in [-0.39, 0.29) is 0 Å². The number of hydrogen-bond acceptors (Lipinski definition) is 2. The molecule has 1 aliphatic heterocycles. The molecule has 0 radical (unpaired) electrons. The molecule has 2 heterocycles. The molecule has 0 amide bonds. The number of alkyl halides is 3. The predicted molar refractivity (Wildman–Crippen MR) is 110 cm³/mol. The Balaban J connectivity index is 1.39. The van der Waals surface area contributed by atoms with Gasteiger partial charge in [-0.3, -0.25) is 10.00 Å². The van der Waals surface area contributed by atoms with Crippen molar-refractivity contribution in [3.05, 3.63) is 75.9 Å². The highest BCUT2D eigenvalue weighted by Crippen LogP contribution is 2.33. The first-order valence-electron chi connectivity index (χ1n) is 9.58. The van der Waals surface area contributed by atoms with Crippen LogP contribution >= 0.6 is 15.9 Å². The third-order valence-electron chi connectivity index (χ3n) is 5.43. The van der Waals surface area contributed by atoms with E-state index in [9.17, 15) is 13.2 Å². The van der Waals surface area contributed by atoms with Crippen molar-refractivity contribution in [2.45, 2.75) is 31.5 Å². The van der Waals surface area contributed by atoms with Gasteiger partial charge in [-0.1, -0.05) is 40.2 Å². The zero-order valence-corrected chi connectivity index (χ0v) is 17.3. The van der Waals surface area contributed by atoms with Crippen LogP contribution in [0.15, 0.2) is 59.1 Å². The number of hydrogen-bond donors (Lipinski definition) is 1. The monoisotopic (exact) mass is 463 g/mol. The lowest BCUT2D eigenvalue weighted by molar-refractivity contribution is -0.137. The summed E-state index contributed by atoms with van der Waals surface area (Å²) in [6.45, 7) is 2.90. The third-order valence-corrected chi connectivity index (χ3v) is 5.96. The Morgan fingerprint density at radius 2 is 1.76 bits per heavy atom. The fourth-order valence-corrected chi connectivity index (χ4v) is 4.06. The zero-order chi connectivity index (χ0) is 20.4. The van der Waals surface area contributed by atoms with Crippen molar-refractivity contribution in [2.75, 3.05) is 13.1 Å². The van der Waals surface area contributed by atoms with E-state index in [0.717, 1.165) is 54.8 Å². The number of nitrogens with zero attached hydrogens (tertiary/aromatic N) is 2. The van der Waals surface area contributed by atoms with Crippen molar-refractivity contribution < 1.29 is 13.2 Å². The second-order valence-electron chi connectivity index (χ2n) is 7.46. The maximum Gasteiger partial charge on any atom is 0.416 e. The summed E-state index contributed by atoms with van der Waals surface area (Å²) in [4.78, 5) is 2.43. The van der Waals surface area contributed by atoms with E-state index < -0.39 is 11.7 Å². The van der Waals surface area contributed by atoms with Crippen LogP contribution in [0, 0.1) is 0 Å². The lowest BCUT2D eigenvalue weighted by atomic mass is 9.93. The van der Waals surface area contributed by atoms with Crippen LogP contribution in [-0.2, 0) is 12.7 Å². The molecule has 0 atom stereocenters. The van der Waals surface area contributed by atoms with Crippen molar-refractivity contribution in [1.82, 2.24) is 15.1 Å². The molecule has 3 nitrogen and oxygen atoms in total. The molecule has 1 saturated heterocycles. The molecular weight excluding hydrogens is 443 g/mol. The lowest BCUT2D eigenvalue weighted by Gasteiger charge is -2.31. The Hall–Kier alpha value is -2.12. The first kappa shape index (κ1) is 20.2. The molecule has 7 heteroatoms. The van der Waals surface area contributed by atoms with E-state index >= 15 is 0 Å². The molecule has 0 aliphatic carbocycles. The van der Waals surface area contributed by atoms with Gasteiger partial charge in [0.1, 0.15) is 0 Å². The number of aromatic amines is 1. The summed E-state index contributed by atoms with van der Waals surface area (Å²) in [5.41, 5.74) is 2.68. The highest BCUT2D eigenvalue weighted by molar-refractivity contribution is 9.10. The van der Waals surface area contributed by atoms with E-state index in [0.29, 0.717) is 17.2 Å². The Morgan fingerprint density at radius 1 is 1.03 bits per heavy atom. The van der Waals surface area contributed by atoms with E-state index in [1.54, 1.807) is 6.07 Å². The highest BCUT2D eigenvalue weighted by Gasteiger charge is 2.30. The van der Waals surface area contributed by atoms with Crippen molar-refractivity contribution in [2.24, 2.45) is 0 Å². The van der Waals surface area contributed by atoms with E-state index in [2.05, 4.69) is 55.3 Å². The summed E-state index contributed by atoms with van der Waals surface area (Å²) in [7, 11) is 0. The Labute approximate surface area is 176 Å². The first-order valence-corrected chi connectivity index (χ1v) is 10.4. The smallest absolute Gasteiger partial charge is 0.299 e. The molecule has 3 aromatic rings. The minimum atomic E-state index is -4.35. The number of aromatic nitrogens is 2. The largest absolute Gasteiger partial charge is 0.416 e. The molecule has 0 spiro atoms. The van der Waals surface area contributed by atoms with Gasteiger partial charge in [-0.05, 0) is 61.8 Å². The fourth-order valence-electron chi connectivity index (χ4n) is 3.80. The van der Waals surface area contributed by atoms with E-state index in [4.69, 9.17) is 0 Å². The van der Waals surface area contributed by atoms with Crippen LogP contribution < -0.4 is 0 Å². The summed E-state index contributed by atoms with van der Waals surface area (Å²) < 4.78 is 40.0. The van der Waals surface area contributed by atoms with Gasteiger partial charge in [-0.15, -0.1) is 0 Å². The van der Waals surface area contributed by atoms with Crippen molar-refractivity contribution in [3.8, 4) is 11.3 Å². The van der Waals surface area contributed by atoms with Gasteiger partial charge >= 0.3 is 6.18 Å². The van der Waals surface area contributed by atoms with Crippen LogP contribution in [-0.4, -0.2) is 28.2 Å². The van der Waals surface area contributed by atoms with Gasteiger partial charge in [-0.25, -0.2) is 0 Å². The summed E-state index contributed by atoms with van der Waals surface area (Å²) in [5.74, 6) is 0.350. The summed E-state index contributed by atoms with van der Waals surface area (Å²) in [6.07, 6.45) is -2.35. The normalized spacial score (nSPS) is 16.3. The molecule has 0 saturated carbocycles. The number of halogens is 4. The molecule has 29 heavy (non-hydrogen) atoms. The Morgan fingerprint density at radius 3 is 2.45 bits per heavy atom. The average Bonchev–Trinajstić information content (AvgIpc) is 3.20. The molecule has 0 unspecified atom stereocenters. The molecule has 1 fully saturated rings. The SMILES string of the molecule is FC(F)(F)c1cccc(-c2cc(C3CCN(Cc4ccc(Br)cc4)CC3)[nH]n2)c1. The van der Waals surface area contributed by atoms with Crippen molar-refractivity contribution in [1.29, 1.82) is 0 Å².